The number of allylic oxidation sites excluding steroid dienone is 1. The maximum Gasteiger partial charge on any atom is 0.300 e. The predicted octanol–water partition coefficient (Wildman–Crippen LogP) is 8.70. The van der Waals surface area contributed by atoms with E-state index in [9.17, 15) is 9.90 Å². The van der Waals surface area contributed by atoms with Crippen LogP contribution in [0.25, 0.3) is 0 Å². The topological polar surface area (TPSA) is 83.8 Å². The lowest BCUT2D eigenvalue weighted by atomic mass is 9.39. The number of ether oxygens (including phenoxy) is 1. The molecule has 2 N–H and O–H groups in total. The highest BCUT2D eigenvalue weighted by molar-refractivity contribution is 5.97. The van der Waals surface area contributed by atoms with E-state index in [0.29, 0.717) is 30.1 Å². The van der Waals surface area contributed by atoms with Gasteiger partial charge >= 0.3 is 0 Å². The molecule has 0 aliphatic heterocycles. The minimum atomic E-state index is -0.833. The zero-order valence-electron chi connectivity index (χ0n) is 31.2. The number of aliphatic hydroxyl groups excluding tert-OH is 1. The number of ketones is 1. The van der Waals surface area contributed by atoms with Crippen molar-refractivity contribution in [3.63, 3.8) is 0 Å². The average Bonchev–Trinajstić information content (AvgIpc) is 3.04. The molecule has 8 atom stereocenters. The van der Waals surface area contributed by atoms with Crippen molar-refractivity contribution in [1.29, 1.82) is 0 Å². The molecule has 3 unspecified atom stereocenters. The Kier molecular flexibility index (Phi) is 25.6. The molecule has 0 aromatic rings. The number of carbonyl (C=O) groups excluding carboxylic acids is 1. The molecule has 5 heteroatoms. The smallest absolute Gasteiger partial charge is 0.300 e. The number of fused-ring (bicyclic) bond motifs is 3. The lowest BCUT2D eigenvalue weighted by molar-refractivity contribution is -0.156. The third-order valence-corrected chi connectivity index (χ3v) is 10.7. The first kappa shape index (κ1) is 50.5. The van der Waals surface area contributed by atoms with E-state index in [2.05, 4.69) is 133 Å². The summed E-state index contributed by atoms with van der Waals surface area (Å²) in [7, 11) is 0. The normalized spacial score (nSPS) is 30.9. The number of aliphatic carboxylic acids is 1. The van der Waals surface area contributed by atoms with E-state index >= 15 is 0 Å². The summed E-state index contributed by atoms with van der Waals surface area (Å²) in [6.45, 7) is 22.2. The summed E-state index contributed by atoms with van der Waals surface area (Å²) < 4.78 is 6.25. The number of hydrogen-bond acceptors (Lipinski definition) is 4. The van der Waals surface area contributed by atoms with Crippen LogP contribution in [-0.4, -0.2) is 40.8 Å². The molecule has 0 aromatic carbocycles. The standard InChI is InChI=1S/C30H52O3.C2H4O2.5C2H2/c1-10-23(31)16-22-12-13-24-25(30(22,9)21(5)33-11-2)17-26(32)29(8)19-27(6,18-20(3)4)14-15-28(24,29)7;1-2(3)4;5*1-2/h17,20-24,31H,10-16,18-19H2,1-9H3;1H3,(H,3,4);5*1-2H/t21-,22?,23-,24?,27+,28+,29+,30?;;;;;;/m0....../s1. The molecule has 264 valence electrons. The van der Waals surface area contributed by atoms with Crippen LogP contribution in [0.15, 0.2) is 11.6 Å². The second kappa shape index (κ2) is 23.8. The van der Waals surface area contributed by atoms with Gasteiger partial charge in [0.15, 0.2) is 5.78 Å². The van der Waals surface area contributed by atoms with Crippen molar-refractivity contribution in [2.75, 3.05) is 6.61 Å². The highest BCUT2D eigenvalue weighted by atomic mass is 16.5. The van der Waals surface area contributed by atoms with Gasteiger partial charge in [0.2, 0.25) is 0 Å². The second-order valence-corrected chi connectivity index (χ2v) is 13.8. The van der Waals surface area contributed by atoms with Gasteiger partial charge in [0.05, 0.1) is 12.2 Å². The summed E-state index contributed by atoms with van der Waals surface area (Å²) in [6.07, 6.45) is 50.2. The molecular weight excluding hydrogens is 584 g/mol. The Morgan fingerprint density at radius 3 is 1.79 bits per heavy atom. The summed E-state index contributed by atoms with van der Waals surface area (Å²) in [6, 6.07) is 0. The predicted molar refractivity (Wildman–Crippen MR) is 200 cm³/mol. The summed E-state index contributed by atoms with van der Waals surface area (Å²) in [5.41, 5.74) is 1.06. The van der Waals surface area contributed by atoms with Crippen molar-refractivity contribution in [3.05, 3.63) is 11.6 Å². The molecule has 0 spiro atoms. The van der Waals surface area contributed by atoms with Crippen molar-refractivity contribution in [3.8, 4) is 64.2 Å². The first-order chi connectivity index (χ1) is 22.0. The van der Waals surface area contributed by atoms with Gasteiger partial charge in [-0.2, -0.15) is 0 Å². The van der Waals surface area contributed by atoms with Crippen molar-refractivity contribution < 1.29 is 24.5 Å². The molecule has 2 fully saturated rings. The Bertz CT molecular complexity index is 1020. The van der Waals surface area contributed by atoms with Crippen LogP contribution in [0.3, 0.4) is 0 Å². The number of aliphatic hydroxyl groups is 1. The van der Waals surface area contributed by atoms with Crippen molar-refractivity contribution in [2.24, 2.45) is 39.4 Å². The van der Waals surface area contributed by atoms with Crippen LogP contribution in [0, 0.1) is 104 Å². The molecule has 0 saturated heterocycles. The van der Waals surface area contributed by atoms with E-state index in [1.54, 1.807) is 0 Å². The van der Waals surface area contributed by atoms with Gasteiger partial charge in [0.25, 0.3) is 5.97 Å². The van der Waals surface area contributed by atoms with E-state index in [-0.39, 0.29) is 33.9 Å². The van der Waals surface area contributed by atoms with E-state index in [1.165, 1.54) is 18.4 Å². The van der Waals surface area contributed by atoms with Gasteiger partial charge in [-0.05, 0) is 99.9 Å². The molecule has 3 rings (SSSR count). The number of carboxylic acid groups (broad SMARTS) is 1. The van der Waals surface area contributed by atoms with Crippen LogP contribution in [0.1, 0.15) is 121 Å². The molecule has 5 nitrogen and oxygen atoms in total. The molecule has 0 radical (unpaired) electrons. The zero-order chi connectivity index (χ0) is 38.4. The molecule has 47 heavy (non-hydrogen) atoms. The van der Waals surface area contributed by atoms with E-state index in [0.717, 1.165) is 45.4 Å². The van der Waals surface area contributed by atoms with Crippen molar-refractivity contribution >= 4 is 11.8 Å². The molecular formula is C42H66O5. The molecule has 2 saturated carbocycles. The molecule has 0 bridgehead atoms. The Balaban J connectivity index is -0.000000576. The molecule has 3 aliphatic carbocycles. The number of rotatable bonds is 8. The van der Waals surface area contributed by atoms with Crippen LogP contribution in [0.2, 0.25) is 0 Å². The Labute approximate surface area is 290 Å². The Morgan fingerprint density at radius 1 is 0.915 bits per heavy atom. The van der Waals surface area contributed by atoms with Gasteiger partial charge in [-0.15, -0.1) is 64.2 Å². The molecule has 3 aliphatic rings. The largest absolute Gasteiger partial charge is 0.481 e. The molecule has 0 amide bonds. The Hall–Kier alpha value is -3.40. The summed E-state index contributed by atoms with van der Waals surface area (Å²) in [5.74, 6) is 0.930. The quantitative estimate of drug-likeness (QED) is 0.257. The maximum absolute atomic E-state index is 14.1. The van der Waals surface area contributed by atoms with Crippen LogP contribution in [0.5, 0.6) is 0 Å². The fourth-order valence-electron chi connectivity index (χ4n) is 8.57. The third kappa shape index (κ3) is 12.3. The lowest BCUT2D eigenvalue weighted by Gasteiger charge is -2.64. The minimum Gasteiger partial charge on any atom is -0.481 e. The van der Waals surface area contributed by atoms with Gasteiger partial charge in [0.1, 0.15) is 0 Å². The van der Waals surface area contributed by atoms with Crippen LogP contribution >= 0.6 is 0 Å². The minimum absolute atomic E-state index is 0.00774. The van der Waals surface area contributed by atoms with E-state index in [4.69, 9.17) is 14.6 Å². The lowest BCUT2D eigenvalue weighted by Crippen LogP contribution is -2.61. The van der Waals surface area contributed by atoms with Gasteiger partial charge in [-0.1, -0.05) is 54.0 Å². The highest BCUT2D eigenvalue weighted by Gasteiger charge is 2.64. The SMILES string of the molecule is C#C.C#C.C#C.C#C.C#C.CC(=O)O.CCO[C@@H](C)C1(C)C2=CC(=O)[C@@]3(C)C[C@@](C)(CC(C)C)CC[C@]3(C)C2CCC1C[C@@H](O)CC. The number of carbonyl (C=O) groups is 2. The zero-order valence-corrected chi connectivity index (χ0v) is 31.2. The van der Waals surface area contributed by atoms with Gasteiger partial charge in [-0.25, -0.2) is 0 Å². The third-order valence-electron chi connectivity index (χ3n) is 10.7. The van der Waals surface area contributed by atoms with Crippen LogP contribution in [0.4, 0.5) is 0 Å². The van der Waals surface area contributed by atoms with Crippen LogP contribution in [-0.2, 0) is 14.3 Å². The van der Waals surface area contributed by atoms with Crippen molar-refractivity contribution in [1.82, 2.24) is 0 Å². The molecule has 0 heterocycles. The number of terminal acetylenes is 5. The monoisotopic (exact) mass is 650 g/mol. The Morgan fingerprint density at radius 2 is 1.38 bits per heavy atom. The second-order valence-electron chi connectivity index (χ2n) is 13.8. The highest BCUT2D eigenvalue weighted by Crippen LogP contribution is 2.69. The fraction of sp³-hybridized carbons (Fsp3) is 0.667. The first-order valence-corrected chi connectivity index (χ1v) is 16.4. The summed E-state index contributed by atoms with van der Waals surface area (Å²) in [5, 5.41) is 18.0. The summed E-state index contributed by atoms with van der Waals surface area (Å²) >= 11 is 0. The molecule has 0 aromatic heterocycles. The maximum atomic E-state index is 14.1. The van der Waals surface area contributed by atoms with E-state index in [1.807, 2.05) is 0 Å². The summed E-state index contributed by atoms with van der Waals surface area (Å²) in [4.78, 5) is 23.1. The van der Waals surface area contributed by atoms with Crippen LogP contribution < -0.4 is 0 Å². The van der Waals surface area contributed by atoms with Gasteiger partial charge in [-0.3, -0.25) is 9.59 Å². The van der Waals surface area contributed by atoms with Gasteiger partial charge in [0, 0.05) is 24.4 Å². The van der Waals surface area contributed by atoms with Crippen molar-refractivity contribution in [2.45, 2.75) is 133 Å². The van der Waals surface area contributed by atoms with Gasteiger partial charge < -0.3 is 14.9 Å². The fourth-order valence-corrected chi connectivity index (χ4v) is 8.57. The number of hydrogen-bond donors (Lipinski definition) is 2. The van der Waals surface area contributed by atoms with E-state index < -0.39 is 5.97 Å². The average molecular weight is 651 g/mol. The number of carboxylic acids is 1. The first-order valence-electron chi connectivity index (χ1n) is 16.4.